The van der Waals surface area contributed by atoms with Crippen LogP contribution in [0.3, 0.4) is 0 Å². The van der Waals surface area contributed by atoms with E-state index in [4.69, 9.17) is 4.84 Å². The molecular formula is C15H13N3O2. The van der Waals surface area contributed by atoms with Crippen molar-refractivity contribution in [2.75, 3.05) is 17.1 Å². The normalized spacial score (nSPS) is 13.5. The molecule has 1 heterocycles. The van der Waals surface area contributed by atoms with Crippen LogP contribution in [0.4, 0.5) is 11.4 Å². The van der Waals surface area contributed by atoms with Gasteiger partial charge in [0, 0.05) is 5.69 Å². The van der Waals surface area contributed by atoms with Crippen LogP contribution in [0.2, 0.25) is 0 Å². The predicted molar refractivity (Wildman–Crippen MR) is 77.8 cm³/mol. The molecule has 0 aromatic heterocycles. The van der Waals surface area contributed by atoms with Crippen molar-refractivity contribution < 1.29 is 9.63 Å². The van der Waals surface area contributed by atoms with Crippen LogP contribution in [0.15, 0.2) is 59.7 Å². The molecule has 0 atom stereocenters. The first-order valence-corrected chi connectivity index (χ1v) is 6.25. The molecule has 5 heteroatoms. The Labute approximate surface area is 116 Å². The van der Waals surface area contributed by atoms with Gasteiger partial charge in [-0.1, -0.05) is 30.3 Å². The number of carbonyl (C=O) groups excluding carboxylic acids is 1. The van der Waals surface area contributed by atoms with Crippen molar-refractivity contribution in [3.05, 3.63) is 60.2 Å². The number of nitrogens with one attached hydrogen (secondary N) is 1. The maximum Gasteiger partial charge on any atom is 0.257 e. The number of hydrogen-bond acceptors (Lipinski definition) is 4. The molecule has 0 bridgehead atoms. The first kappa shape index (κ1) is 12.4. The maximum absolute atomic E-state index is 12.3. The molecular weight excluding hydrogens is 254 g/mol. The largest absolute Gasteiger partial charge is 0.322 e. The zero-order valence-electron chi connectivity index (χ0n) is 10.7. The molecule has 3 rings (SSSR count). The number of benzene rings is 2. The van der Waals surface area contributed by atoms with Crippen molar-refractivity contribution in [3.8, 4) is 0 Å². The number of carbonyl (C=O) groups is 1. The topological polar surface area (TPSA) is 53.9 Å². The van der Waals surface area contributed by atoms with Gasteiger partial charge in [0.1, 0.15) is 12.3 Å². The standard InChI is InChI=1S/C15H13N3O2/c19-15(17-12-6-2-1-3-7-12)13-8-4-5-9-14(13)18-16-10-11-20-18/h1-10H,11H2,(H,17,19). The first-order chi connectivity index (χ1) is 9.84. The lowest BCUT2D eigenvalue weighted by molar-refractivity contribution is 0.102. The number of rotatable bonds is 3. The third-order valence-corrected chi connectivity index (χ3v) is 2.84. The van der Waals surface area contributed by atoms with Crippen molar-refractivity contribution >= 4 is 23.5 Å². The third-order valence-electron chi connectivity index (χ3n) is 2.84. The Morgan fingerprint density at radius 1 is 1.10 bits per heavy atom. The minimum Gasteiger partial charge on any atom is -0.322 e. The van der Waals surface area contributed by atoms with Gasteiger partial charge in [-0.25, -0.2) is 4.84 Å². The highest BCUT2D eigenvalue weighted by atomic mass is 16.7. The van der Waals surface area contributed by atoms with Crippen LogP contribution in [0.1, 0.15) is 10.4 Å². The summed E-state index contributed by atoms with van der Waals surface area (Å²) in [6.45, 7) is 0.411. The average molecular weight is 267 g/mol. The molecule has 0 spiro atoms. The van der Waals surface area contributed by atoms with Gasteiger partial charge in [0.15, 0.2) is 0 Å². The zero-order chi connectivity index (χ0) is 13.8. The summed E-state index contributed by atoms with van der Waals surface area (Å²) in [6, 6.07) is 16.5. The highest BCUT2D eigenvalue weighted by Crippen LogP contribution is 2.23. The summed E-state index contributed by atoms with van der Waals surface area (Å²) in [5.41, 5.74) is 1.88. The lowest BCUT2D eigenvalue weighted by Crippen LogP contribution is -2.19. The summed E-state index contributed by atoms with van der Waals surface area (Å²) < 4.78 is 0. The Morgan fingerprint density at radius 3 is 2.60 bits per heavy atom. The SMILES string of the molecule is O=C(Nc1ccccc1)c1ccccc1N1N=CCO1. The van der Waals surface area contributed by atoms with E-state index in [1.807, 2.05) is 42.5 Å². The fourth-order valence-electron chi connectivity index (χ4n) is 1.93. The third kappa shape index (κ3) is 2.53. The fourth-order valence-corrected chi connectivity index (χ4v) is 1.93. The van der Waals surface area contributed by atoms with Crippen LogP contribution < -0.4 is 10.5 Å². The molecule has 1 amide bonds. The highest BCUT2D eigenvalue weighted by Gasteiger charge is 2.18. The van der Waals surface area contributed by atoms with Crippen molar-refractivity contribution in [1.29, 1.82) is 0 Å². The number of hydrazone groups is 1. The fraction of sp³-hybridized carbons (Fsp3) is 0.0667. The molecule has 0 saturated carbocycles. The van der Waals surface area contributed by atoms with E-state index in [1.165, 1.54) is 5.17 Å². The molecule has 1 N–H and O–H groups in total. The molecule has 2 aromatic carbocycles. The summed E-state index contributed by atoms with van der Waals surface area (Å²) in [5.74, 6) is -0.197. The van der Waals surface area contributed by atoms with Gasteiger partial charge in [-0.2, -0.15) is 5.10 Å². The lowest BCUT2D eigenvalue weighted by Gasteiger charge is -2.16. The molecule has 2 aromatic rings. The first-order valence-electron chi connectivity index (χ1n) is 6.25. The lowest BCUT2D eigenvalue weighted by atomic mass is 10.1. The molecule has 0 fully saturated rings. The summed E-state index contributed by atoms with van der Waals surface area (Å²) in [5, 5.41) is 8.27. The van der Waals surface area contributed by atoms with Crippen LogP contribution in [0, 0.1) is 0 Å². The number of nitrogens with zero attached hydrogens (tertiary/aromatic N) is 2. The van der Waals surface area contributed by atoms with E-state index in [-0.39, 0.29) is 5.91 Å². The van der Waals surface area contributed by atoms with Crippen LogP contribution >= 0.6 is 0 Å². The number of anilines is 2. The van der Waals surface area contributed by atoms with E-state index in [0.29, 0.717) is 17.9 Å². The maximum atomic E-state index is 12.3. The molecule has 100 valence electrons. The van der Waals surface area contributed by atoms with E-state index in [0.717, 1.165) is 5.69 Å². The Balaban J connectivity index is 1.86. The minimum atomic E-state index is -0.197. The summed E-state index contributed by atoms with van der Waals surface area (Å²) >= 11 is 0. The second-order valence-corrected chi connectivity index (χ2v) is 4.20. The smallest absolute Gasteiger partial charge is 0.257 e. The summed E-state index contributed by atoms with van der Waals surface area (Å²) in [4.78, 5) is 17.7. The van der Waals surface area contributed by atoms with Crippen molar-refractivity contribution in [2.24, 2.45) is 5.10 Å². The second-order valence-electron chi connectivity index (χ2n) is 4.20. The predicted octanol–water partition coefficient (Wildman–Crippen LogP) is 2.68. The summed E-state index contributed by atoms with van der Waals surface area (Å²) in [7, 11) is 0. The number of hydrogen-bond donors (Lipinski definition) is 1. The van der Waals surface area contributed by atoms with Crippen molar-refractivity contribution in [2.45, 2.75) is 0 Å². The van der Waals surface area contributed by atoms with E-state index >= 15 is 0 Å². The van der Waals surface area contributed by atoms with Crippen molar-refractivity contribution in [1.82, 2.24) is 0 Å². The molecule has 20 heavy (non-hydrogen) atoms. The minimum absolute atomic E-state index is 0.197. The highest BCUT2D eigenvalue weighted by molar-refractivity contribution is 6.08. The van der Waals surface area contributed by atoms with Crippen LogP contribution in [0.5, 0.6) is 0 Å². The quantitative estimate of drug-likeness (QED) is 0.930. The van der Waals surface area contributed by atoms with Crippen LogP contribution in [-0.2, 0) is 4.84 Å². The molecule has 5 nitrogen and oxygen atoms in total. The second kappa shape index (κ2) is 5.54. The molecule has 0 radical (unpaired) electrons. The molecule has 1 aliphatic heterocycles. The molecule has 1 aliphatic rings. The Hall–Kier alpha value is -2.66. The van der Waals surface area contributed by atoms with E-state index in [1.54, 1.807) is 18.3 Å². The average Bonchev–Trinajstić information content (AvgIpc) is 3.02. The van der Waals surface area contributed by atoms with Gasteiger partial charge < -0.3 is 5.32 Å². The van der Waals surface area contributed by atoms with Gasteiger partial charge in [0.05, 0.1) is 11.8 Å². The Morgan fingerprint density at radius 2 is 1.85 bits per heavy atom. The summed E-state index contributed by atoms with van der Waals surface area (Å²) in [6.07, 6.45) is 1.64. The van der Waals surface area contributed by atoms with E-state index in [9.17, 15) is 4.79 Å². The van der Waals surface area contributed by atoms with E-state index in [2.05, 4.69) is 10.4 Å². The molecule has 0 saturated heterocycles. The zero-order valence-corrected chi connectivity index (χ0v) is 10.7. The Kier molecular flexibility index (Phi) is 3.43. The van der Waals surface area contributed by atoms with E-state index < -0.39 is 0 Å². The molecule has 0 aliphatic carbocycles. The van der Waals surface area contributed by atoms with Crippen molar-refractivity contribution in [3.63, 3.8) is 0 Å². The van der Waals surface area contributed by atoms with Gasteiger partial charge in [0.25, 0.3) is 5.91 Å². The van der Waals surface area contributed by atoms with Gasteiger partial charge in [0.2, 0.25) is 0 Å². The number of amides is 1. The monoisotopic (exact) mass is 267 g/mol. The van der Waals surface area contributed by atoms with Gasteiger partial charge in [-0.15, -0.1) is 5.17 Å². The van der Waals surface area contributed by atoms with Gasteiger partial charge >= 0.3 is 0 Å². The van der Waals surface area contributed by atoms with Gasteiger partial charge in [-0.05, 0) is 24.3 Å². The number of para-hydroxylation sites is 2. The van der Waals surface area contributed by atoms with Gasteiger partial charge in [-0.3, -0.25) is 4.79 Å². The van der Waals surface area contributed by atoms with Crippen LogP contribution in [-0.4, -0.2) is 18.7 Å². The van der Waals surface area contributed by atoms with Crippen LogP contribution in [0.25, 0.3) is 0 Å². The Bertz CT molecular complexity index is 641. The molecule has 0 unspecified atom stereocenters.